The van der Waals surface area contributed by atoms with Gasteiger partial charge in [-0.15, -0.1) is 0 Å². The smallest absolute Gasteiger partial charge is 0.329 e. The maximum Gasteiger partial charge on any atom is 0.329 e. The van der Waals surface area contributed by atoms with Gasteiger partial charge in [0.05, 0.1) is 13.3 Å². The Morgan fingerprint density at radius 3 is 2.49 bits per heavy atom. The number of benzene rings is 3. The molecule has 0 radical (unpaired) electrons. The molecular formula is C25H23ClN4O5. The highest BCUT2D eigenvalue weighted by Gasteiger charge is 2.12. The van der Waals surface area contributed by atoms with E-state index in [1.807, 2.05) is 30.3 Å². The van der Waals surface area contributed by atoms with Crippen LogP contribution in [0.1, 0.15) is 11.1 Å². The van der Waals surface area contributed by atoms with Gasteiger partial charge >= 0.3 is 11.8 Å². The molecule has 3 amide bonds. The summed E-state index contributed by atoms with van der Waals surface area (Å²) in [6.45, 7) is -0.0168. The van der Waals surface area contributed by atoms with Crippen molar-refractivity contribution in [2.45, 2.75) is 6.54 Å². The van der Waals surface area contributed by atoms with Crippen LogP contribution in [-0.2, 0) is 20.9 Å². The molecule has 0 aliphatic rings. The van der Waals surface area contributed by atoms with Gasteiger partial charge in [-0.3, -0.25) is 14.4 Å². The minimum Gasteiger partial charge on any atom is -0.493 e. The Morgan fingerprint density at radius 2 is 1.74 bits per heavy atom. The predicted octanol–water partition coefficient (Wildman–Crippen LogP) is 3.13. The summed E-state index contributed by atoms with van der Waals surface area (Å²) >= 11 is 5.91. The van der Waals surface area contributed by atoms with Crippen molar-refractivity contribution >= 4 is 41.2 Å². The monoisotopic (exact) mass is 494 g/mol. The molecule has 0 saturated heterocycles. The van der Waals surface area contributed by atoms with Crippen LogP contribution in [0.2, 0.25) is 5.02 Å². The predicted molar refractivity (Wildman–Crippen MR) is 133 cm³/mol. The number of carbonyl (C=O) groups excluding carboxylic acids is 3. The summed E-state index contributed by atoms with van der Waals surface area (Å²) in [7, 11) is 1.45. The van der Waals surface area contributed by atoms with E-state index in [9.17, 15) is 14.4 Å². The number of nitrogens with zero attached hydrogens (tertiary/aromatic N) is 1. The Labute approximate surface area is 207 Å². The Bertz CT molecular complexity index is 1220. The van der Waals surface area contributed by atoms with Crippen LogP contribution >= 0.6 is 11.6 Å². The quantitative estimate of drug-likeness (QED) is 0.240. The number of nitrogens with one attached hydrogen (secondary N) is 3. The third-order valence-corrected chi connectivity index (χ3v) is 4.77. The average Bonchev–Trinajstić information content (AvgIpc) is 2.86. The van der Waals surface area contributed by atoms with Crippen LogP contribution in [0.15, 0.2) is 77.9 Å². The molecule has 0 fully saturated rings. The molecule has 0 aromatic heterocycles. The highest BCUT2D eigenvalue weighted by atomic mass is 35.5. The summed E-state index contributed by atoms with van der Waals surface area (Å²) in [6.07, 6.45) is 1.35. The average molecular weight is 495 g/mol. The largest absolute Gasteiger partial charge is 0.493 e. The van der Waals surface area contributed by atoms with Gasteiger partial charge in [0.1, 0.15) is 0 Å². The lowest BCUT2D eigenvalue weighted by Gasteiger charge is -2.11. The second kappa shape index (κ2) is 12.8. The lowest BCUT2D eigenvalue weighted by molar-refractivity contribution is -0.139. The zero-order valence-electron chi connectivity index (χ0n) is 18.8. The molecule has 0 aliphatic carbocycles. The Kier molecular flexibility index (Phi) is 9.21. The van der Waals surface area contributed by atoms with Gasteiger partial charge in [0.2, 0.25) is 0 Å². The lowest BCUT2D eigenvalue weighted by atomic mass is 10.2. The van der Waals surface area contributed by atoms with Gasteiger partial charge in [0.15, 0.2) is 18.1 Å². The van der Waals surface area contributed by atoms with Crippen LogP contribution in [0.5, 0.6) is 11.5 Å². The Balaban J connectivity index is 1.49. The van der Waals surface area contributed by atoms with Gasteiger partial charge < -0.3 is 20.1 Å². The minimum atomic E-state index is -0.894. The number of hydrogen-bond donors (Lipinski definition) is 3. The number of rotatable bonds is 9. The van der Waals surface area contributed by atoms with Crippen LogP contribution in [0, 0.1) is 0 Å². The maximum absolute atomic E-state index is 12.1. The molecule has 0 spiro atoms. The minimum absolute atomic E-state index is 0.229. The number of ether oxygens (including phenoxy) is 2. The van der Waals surface area contributed by atoms with Gasteiger partial charge in [-0.05, 0) is 47.5 Å². The lowest BCUT2D eigenvalue weighted by Crippen LogP contribution is -2.37. The summed E-state index contributed by atoms with van der Waals surface area (Å²) in [4.78, 5) is 35.9. The van der Waals surface area contributed by atoms with E-state index in [1.54, 1.807) is 42.5 Å². The topological polar surface area (TPSA) is 118 Å². The first-order valence-electron chi connectivity index (χ1n) is 10.5. The number of hydrazone groups is 1. The summed E-state index contributed by atoms with van der Waals surface area (Å²) in [5.41, 5.74) is 4.17. The molecule has 0 saturated carbocycles. The normalized spacial score (nSPS) is 10.5. The molecule has 9 nitrogen and oxygen atoms in total. The zero-order valence-corrected chi connectivity index (χ0v) is 19.5. The van der Waals surface area contributed by atoms with Gasteiger partial charge in [0.25, 0.3) is 5.91 Å². The van der Waals surface area contributed by atoms with Gasteiger partial charge in [-0.1, -0.05) is 48.0 Å². The van der Waals surface area contributed by atoms with Crippen molar-refractivity contribution in [1.29, 1.82) is 0 Å². The standard InChI is InChI=1S/C25H23ClN4O5/c1-34-22-12-18(15-28-30-25(33)24(32)27-14-17-6-3-2-4-7-17)10-11-21(22)35-16-23(31)29-20-9-5-8-19(26)13-20/h2-13,15H,14,16H2,1H3,(H,27,32)(H,29,31)(H,30,33)/b28-15-. The molecule has 3 rings (SSSR count). The summed E-state index contributed by atoms with van der Waals surface area (Å²) in [5.74, 6) is -1.36. The van der Waals surface area contributed by atoms with Gasteiger partial charge in [0, 0.05) is 17.3 Å². The van der Waals surface area contributed by atoms with E-state index in [1.165, 1.54) is 13.3 Å². The number of methoxy groups -OCH3 is 1. The molecule has 0 bridgehead atoms. The first kappa shape index (κ1) is 25.3. The fraction of sp³-hybridized carbons (Fsp3) is 0.120. The van der Waals surface area contributed by atoms with E-state index >= 15 is 0 Å². The molecule has 0 atom stereocenters. The van der Waals surface area contributed by atoms with Crippen molar-refractivity contribution < 1.29 is 23.9 Å². The van der Waals surface area contributed by atoms with Crippen LogP contribution in [-0.4, -0.2) is 37.7 Å². The molecular weight excluding hydrogens is 472 g/mol. The number of hydrogen-bond acceptors (Lipinski definition) is 6. The van der Waals surface area contributed by atoms with Crippen molar-refractivity contribution in [3.8, 4) is 11.5 Å². The van der Waals surface area contributed by atoms with Crippen LogP contribution in [0.25, 0.3) is 0 Å². The SMILES string of the molecule is COc1cc(/C=N\NC(=O)C(=O)NCc2ccccc2)ccc1OCC(=O)Nc1cccc(Cl)c1. The summed E-state index contributed by atoms with van der Waals surface area (Å²) < 4.78 is 10.9. The van der Waals surface area contributed by atoms with Gasteiger partial charge in [-0.2, -0.15) is 5.10 Å². The van der Waals surface area contributed by atoms with Crippen molar-refractivity contribution in [2.24, 2.45) is 5.10 Å². The molecule has 0 unspecified atom stereocenters. The fourth-order valence-electron chi connectivity index (χ4n) is 2.87. The van der Waals surface area contributed by atoms with E-state index in [4.69, 9.17) is 21.1 Å². The van der Waals surface area contributed by atoms with Crippen LogP contribution < -0.4 is 25.5 Å². The Morgan fingerprint density at radius 1 is 0.943 bits per heavy atom. The number of halogens is 1. The number of amides is 3. The fourth-order valence-corrected chi connectivity index (χ4v) is 3.06. The molecule has 35 heavy (non-hydrogen) atoms. The van der Waals surface area contributed by atoms with Crippen LogP contribution in [0.4, 0.5) is 5.69 Å². The van der Waals surface area contributed by atoms with Gasteiger partial charge in [-0.25, -0.2) is 5.43 Å². The van der Waals surface area contributed by atoms with E-state index in [-0.39, 0.29) is 19.1 Å². The highest BCUT2D eigenvalue weighted by Crippen LogP contribution is 2.27. The summed E-state index contributed by atoms with van der Waals surface area (Å²) in [5, 5.41) is 9.50. The highest BCUT2D eigenvalue weighted by molar-refractivity contribution is 6.35. The van der Waals surface area contributed by atoms with Crippen LogP contribution in [0.3, 0.4) is 0 Å². The van der Waals surface area contributed by atoms with Crippen molar-refractivity contribution in [3.63, 3.8) is 0 Å². The third kappa shape index (κ3) is 8.17. The van der Waals surface area contributed by atoms with E-state index < -0.39 is 11.8 Å². The van der Waals surface area contributed by atoms with Crippen molar-refractivity contribution in [1.82, 2.24) is 10.7 Å². The number of carbonyl (C=O) groups is 3. The third-order valence-electron chi connectivity index (χ3n) is 4.54. The molecule has 10 heteroatoms. The molecule has 0 heterocycles. The second-order valence-corrected chi connectivity index (χ2v) is 7.56. The second-order valence-electron chi connectivity index (χ2n) is 7.12. The first-order chi connectivity index (χ1) is 16.9. The molecule has 3 aromatic carbocycles. The molecule has 3 aromatic rings. The van der Waals surface area contributed by atoms with E-state index in [0.29, 0.717) is 27.8 Å². The molecule has 0 aliphatic heterocycles. The van der Waals surface area contributed by atoms with Crippen molar-refractivity contribution in [2.75, 3.05) is 19.0 Å². The van der Waals surface area contributed by atoms with Crippen molar-refractivity contribution in [3.05, 3.63) is 88.9 Å². The Hall–Kier alpha value is -4.37. The number of anilines is 1. The molecule has 3 N–H and O–H groups in total. The molecule has 180 valence electrons. The zero-order chi connectivity index (χ0) is 25.0. The summed E-state index contributed by atoms with van der Waals surface area (Å²) in [6, 6.07) is 20.8. The van der Waals surface area contributed by atoms with E-state index in [0.717, 1.165) is 5.56 Å². The van der Waals surface area contributed by atoms with E-state index in [2.05, 4.69) is 21.2 Å². The maximum atomic E-state index is 12.1. The first-order valence-corrected chi connectivity index (χ1v) is 10.8.